The first-order valence-electron chi connectivity index (χ1n) is 10.6. The van der Waals surface area contributed by atoms with Crippen molar-refractivity contribution in [2.45, 2.75) is 19.3 Å². The van der Waals surface area contributed by atoms with Crippen molar-refractivity contribution in [2.75, 3.05) is 52.9 Å². The number of likely N-dealkylation sites (tertiary alicyclic amines) is 1. The van der Waals surface area contributed by atoms with Crippen LogP contribution in [0.15, 0.2) is 36.5 Å². The molecule has 30 heavy (non-hydrogen) atoms. The number of piperidine rings is 1. The van der Waals surface area contributed by atoms with Gasteiger partial charge < -0.3 is 14.5 Å². The van der Waals surface area contributed by atoms with Crippen molar-refractivity contribution in [3.8, 4) is 11.4 Å². The zero-order valence-electron chi connectivity index (χ0n) is 17.5. The minimum atomic E-state index is -0.136. The summed E-state index contributed by atoms with van der Waals surface area (Å²) in [4.78, 5) is 31.5. The molecule has 2 fully saturated rings. The van der Waals surface area contributed by atoms with Gasteiger partial charge in [-0.25, -0.2) is 4.68 Å². The Morgan fingerprint density at radius 2 is 1.63 bits per heavy atom. The van der Waals surface area contributed by atoms with Crippen LogP contribution in [0.5, 0.6) is 5.75 Å². The summed E-state index contributed by atoms with van der Waals surface area (Å²) in [5, 5.41) is 4.48. The second-order valence-electron chi connectivity index (χ2n) is 7.84. The quantitative estimate of drug-likeness (QED) is 0.748. The molecule has 3 heterocycles. The monoisotopic (exact) mass is 411 g/mol. The number of carbonyl (C=O) groups excluding carboxylic acids is 2. The highest BCUT2D eigenvalue weighted by molar-refractivity contribution is 5.95. The van der Waals surface area contributed by atoms with Gasteiger partial charge in [0.25, 0.3) is 5.91 Å². The summed E-state index contributed by atoms with van der Waals surface area (Å²) in [5.41, 5.74) is 1.19. The van der Waals surface area contributed by atoms with E-state index in [1.807, 2.05) is 35.2 Å². The fraction of sp³-hybridized carbons (Fsp3) is 0.500. The van der Waals surface area contributed by atoms with Gasteiger partial charge in [0.05, 0.1) is 25.5 Å². The lowest BCUT2D eigenvalue weighted by Gasteiger charge is -2.35. The topological polar surface area (TPSA) is 70.9 Å². The number of nitrogens with zero attached hydrogens (tertiary/aromatic N) is 5. The molecule has 0 saturated carbocycles. The number of para-hydroxylation sites is 1. The van der Waals surface area contributed by atoms with E-state index in [4.69, 9.17) is 4.74 Å². The van der Waals surface area contributed by atoms with Crippen LogP contribution in [-0.4, -0.2) is 89.2 Å². The van der Waals surface area contributed by atoms with Gasteiger partial charge in [0.1, 0.15) is 0 Å². The van der Waals surface area contributed by atoms with Crippen LogP contribution in [-0.2, 0) is 4.79 Å². The highest BCUT2D eigenvalue weighted by Gasteiger charge is 2.28. The van der Waals surface area contributed by atoms with Gasteiger partial charge in [-0.1, -0.05) is 18.2 Å². The predicted octanol–water partition coefficient (Wildman–Crippen LogP) is 1.65. The number of ether oxygens (including phenoxy) is 1. The average molecular weight is 412 g/mol. The Balaban J connectivity index is 1.36. The molecule has 0 N–H and O–H groups in total. The molecule has 8 heteroatoms. The lowest BCUT2D eigenvalue weighted by molar-refractivity contribution is -0.133. The first kappa shape index (κ1) is 20.4. The van der Waals surface area contributed by atoms with Crippen LogP contribution in [0.4, 0.5) is 0 Å². The lowest BCUT2D eigenvalue weighted by atomic mass is 10.1. The fourth-order valence-corrected chi connectivity index (χ4v) is 4.06. The molecule has 0 atom stereocenters. The maximum atomic E-state index is 13.1. The van der Waals surface area contributed by atoms with Crippen molar-refractivity contribution in [3.05, 3.63) is 42.2 Å². The zero-order valence-corrected chi connectivity index (χ0v) is 17.5. The van der Waals surface area contributed by atoms with Gasteiger partial charge >= 0.3 is 0 Å². The first-order valence-corrected chi connectivity index (χ1v) is 10.6. The number of hydrogen-bond acceptors (Lipinski definition) is 5. The molecule has 160 valence electrons. The highest BCUT2D eigenvalue weighted by Crippen LogP contribution is 2.22. The van der Waals surface area contributed by atoms with Crippen molar-refractivity contribution in [1.29, 1.82) is 0 Å². The number of methoxy groups -OCH3 is 1. The normalized spacial score (nSPS) is 17.8. The molecule has 2 saturated heterocycles. The molecule has 0 radical (unpaired) electrons. The third-order valence-electron chi connectivity index (χ3n) is 5.85. The Kier molecular flexibility index (Phi) is 6.32. The third-order valence-corrected chi connectivity index (χ3v) is 5.85. The van der Waals surface area contributed by atoms with Crippen LogP contribution in [0.2, 0.25) is 0 Å². The standard InChI is InChI=1S/C22H29N5O3/c1-30-19-16-27(18-8-4-2-5-9-18)23-21(19)22(29)26-14-12-24(13-15-26)17-20(28)25-10-6-3-7-11-25/h2,4-5,8-9,16H,3,6-7,10-15,17H2,1H3. The van der Waals surface area contributed by atoms with Gasteiger partial charge in [0.15, 0.2) is 11.4 Å². The number of rotatable bonds is 5. The Hall–Kier alpha value is -2.87. The molecule has 2 aromatic rings. The van der Waals surface area contributed by atoms with Crippen LogP contribution in [0.3, 0.4) is 0 Å². The van der Waals surface area contributed by atoms with Crippen molar-refractivity contribution in [1.82, 2.24) is 24.5 Å². The number of aromatic nitrogens is 2. The summed E-state index contributed by atoms with van der Waals surface area (Å²) in [6, 6.07) is 9.65. The zero-order chi connectivity index (χ0) is 20.9. The van der Waals surface area contributed by atoms with Crippen LogP contribution < -0.4 is 4.74 Å². The SMILES string of the molecule is COc1cn(-c2ccccc2)nc1C(=O)N1CCN(CC(=O)N2CCCCC2)CC1. The summed E-state index contributed by atoms with van der Waals surface area (Å²) in [6.45, 7) is 4.72. The molecule has 0 spiro atoms. The lowest BCUT2D eigenvalue weighted by Crippen LogP contribution is -2.52. The number of carbonyl (C=O) groups is 2. The Morgan fingerprint density at radius 1 is 0.933 bits per heavy atom. The van der Waals surface area contributed by atoms with E-state index < -0.39 is 0 Å². The van der Waals surface area contributed by atoms with Crippen LogP contribution >= 0.6 is 0 Å². The van der Waals surface area contributed by atoms with Gasteiger partial charge in [0, 0.05) is 39.3 Å². The molecule has 2 aliphatic rings. The highest BCUT2D eigenvalue weighted by atomic mass is 16.5. The molecule has 2 amide bonds. The fourth-order valence-electron chi connectivity index (χ4n) is 4.06. The molecule has 1 aromatic heterocycles. The molecule has 8 nitrogen and oxygen atoms in total. The molecule has 0 bridgehead atoms. The number of benzene rings is 1. The van der Waals surface area contributed by atoms with Crippen molar-refractivity contribution < 1.29 is 14.3 Å². The number of hydrogen-bond donors (Lipinski definition) is 0. The number of amides is 2. The molecule has 2 aliphatic heterocycles. The van der Waals surface area contributed by atoms with Gasteiger partial charge in [-0.05, 0) is 31.4 Å². The maximum Gasteiger partial charge on any atom is 0.278 e. The van der Waals surface area contributed by atoms with Gasteiger partial charge in [-0.3, -0.25) is 14.5 Å². The van der Waals surface area contributed by atoms with Crippen LogP contribution in [0.1, 0.15) is 29.8 Å². The maximum absolute atomic E-state index is 13.1. The van der Waals surface area contributed by atoms with Gasteiger partial charge in [-0.15, -0.1) is 0 Å². The van der Waals surface area contributed by atoms with E-state index in [1.165, 1.54) is 6.42 Å². The smallest absolute Gasteiger partial charge is 0.278 e. The van der Waals surface area contributed by atoms with E-state index in [-0.39, 0.29) is 11.8 Å². The molecule has 4 rings (SSSR count). The van der Waals surface area contributed by atoms with Crippen molar-refractivity contribution >= 4 is 11.8 Å². The molecular weight excluding hydrogens is 382 g/mol. The van der Waals surface area contributed by atoms with Crippen LogP contribution in [0.25, 0.3) is 5.69 Å². The predicted molar refractivity (Wildman–Crippen MR) is 113 cm³/mol. The van der Waals surface area contributed by atoms with E-state index in [0.29, 0.717) is 44.2 Å². The van der Waals surface area contributed by atoms with E-state index in [9.17, 15) is 9.59 Å². The molecule has 0 unspecified atom stereocenters. The van der Waals surface area contributed by atoms with Crippen molar-refractivity contribution in [3.63, 3.8) is 0 Å². The summed E-state index contributed by atoms with van der Waals surface area (Å²) >= 11 is 0. The van der Waals surface area contributed by atoms with Gasteiger partial charge in [0.2, 0.25) is 5.91 Å². The Morgan fingerprint density at radius 3 is 2.30 bits per heavy atom. The summed E-state index contributed by atoms with van der Waals surface area (Å²) < 4.78 is 7.08. The summed E-state index contributed by atoms with van der Waals surface area (Å²) in [7, 11) is 1.55. The first-order chi connectivity index (χ1) is 14.7. The molecule has 1 aromatic carbocycles. The van der Waals surface area contributed by atoms with E-state index in [1.54, 1.807) is 22.9 Å². The minimum absolute atomic E-state index is 0.136. The molecular formula is C22H29N5O3. The van der Waals surface area contributed by atoms with Crippen LogP contribution in [0, 0.1) is 0 Å². The van der Waals surface area contributed by atoms with E-state index >= 15 is 0 Å². The summed E-state index contributed by atoms with van der Waals surface area (Å²) in [6.07, 6.45) is 5.15. The summed E-state index contributed by atoms with van der Waals surface area (Å²) in [5.74, 6) is 0.535. The third kappa shape index (κ3) is 4.48. The Labute approximate surface area is 177 Å². The minimum Gasteiger partial charge on any atom is -0.493 e. The van der Waals surface area contributed by atoms with E-state index in [0.717, 1.165) is 31.6 Å². The largest absolute Gasteiger partial charge is 0.493 e. The second kappa shape index (κ2) is 9.30. The second-order valence-corrected chi connectivity index (χ2v) is 7.84. The Bertz CT molecular complexity index is 868. The molecule has 0 aliphatic carbocycles. The number of piperazine rings is 1. The van der Waals surface area contributed by atoms with Crippen molar-refractivity contribution in [2.24, 2.45) is 0 Å². The van der Waals surface area contributed by atoms with E-state index in [2.05, 4.69) is 10.00 Å². The van der Waals surface area contributed by atoms with Gasteiger partial charge in [-0.2, -0.15) is 5.10 Å². The average Bonchev–Trinajstić information content (AvgIpc) is 3.25.